The number of hydrogen-bond acceptors (Lipinski definition) is 6. The highest BCUT2D eigenvalue weighted by Crippen LogP contribution is 2.31. The number of alkyl halides is 3. The van der Waals surface area contributed by atoms with Gasteiger partial charge in [-0.15, -0.1) is 18.3 Å². The predicted octanol–water partition coefficient (Wildman–Crippen LogP) is 6.60. The third-order valence-corrected chi connectivity index (χ3v) is 7.61. The van der Waals surface area contributed by atoms with E-state index in [2.05, 4.69) is 44.2 Å². The van der Waals surface area contributed by atoms with Crippen LogP contribution in [0.5, 0.6) is 5.75 Å². The summed E-state index contributed by atoms with van der Waals surface area (Å²) in [5.41, 5.74) is 5.27. The Morgan fingerprint density at radius 1 is 1.12 bits per heavy atom. The summed E-state index contributed by atoms with van der Waals surface area (Å²) in [6, 6.07) is 19.0. The van der Waals surface area contributed by atoms with Crippen LogP contribution >= 0.6 is 24.0 Å². The lowest BCUT2D eigenvalue weighted by atomic mass is 10.0. The molecular weight excluding hydrogens is 597 g/mol. The number of carbonyl (C=O) groups is 1. The molecule has 0 saturated carbocycles. The van der Waals surface area contributed by atoms with Gasteiger partial charge in [0.25, 0.3) is 0 Å². The number of amides is 1. The number of hydrogen-bond donors (Lipinski definition) is 1. The van der Waals surface area contributed by atoms with E-state index in [1.165, 1.54) is 47.0 Å². The number of ether oxygens (including phenoxy) is 1. The molecular formula is C30H27F3N6O2S2. The number of nitrogens with one attached hydrogen (secondary N) is 1. The average molecular weight is 625 g/mol. The molecule has 0 atom stereocenters. The predicted molar refractivity (Wildman–Crippen MR) is 165 cm³/mol. The fourth-order valence-corrected chi connectivity index (χ4v) is 5.52. The Hall–Kier alpha value is -4.23. The van der Waals surface area contributed by atoms with Crippen molar-refractivity contribution in [1.29, 1.82) is 0 Å². The van der Waals surface area contributed by atoms with Gasteiger partial charge < -0.3 is 10.1 Å². The van der Waals surface area contributed by atoms with Crippen molar-refractivity contribution in [3.05, 3.63) is 89.7 Å². The molecule has 2 heterocycles. The van der Waals surface area contributed by atoms with Gasteiger partial charge in [0.1, 0.15) is 12.1 Å². The molecule has 4 aromatic rings. The number of anilines is 1. The minimum absolute atomic E-state index is 0.0198. The molecule has 1 aromatic heterocycles. The lowest BCUT2D eigenvalue weighted by molar-refractivity contribution is -0.274. The standard InChI is InChI=1S/C30H27F3N6O2S2/c1-3-4-21-8-5-19(2)15-25(21)39-26(40)17-43-29(39)36-28(42)34-16-20-6-9-22(10-7-20)27-35-18-38(37-27)23-11-13-24(14-12-23)41-30(31,32)33/h5-15,18H,3-4,16-17H2,1-2H3,(H,34,42)/b36-29-. The van der Waals surface area contributed by atoms with E-state index < -0.39 is 6.36 Å². The van der Waals surface area contributed by atoms with Crippen molar-refractivity contribution in [1.82, 2.24) is 20.1 Å². The number of halogens is 3. The van der Waals surface area contributed by atoms with Crippen molar-refractivity contribution < 1.29 is 22.7 Å². The largest absolute Gasteiger partial charge is 0.573 e. The molecule has 1 N–H and O–H groups in total. The van der Waals surface area contributed by atoms with E-state index >= 15 is 0 Å². The number of benzene rings is 3. The van der Waals surface area contributed by atoms with Gasteiger partial charge in [0, 0.05) is 12.1 Å². The second-order valence-corrected chi connectivity index (χ2v) is 11.0. The number of thiocarbonyl (C=S) groups is 1. The summed E-state index contributed by atoms with van der Waals surface area (Å²) >= 11 is 6.86. The Morgan fingerprint density at radius 2 is 1.86 bits per heavy atom. The van der Waals surface area contributed by atoms with Crippen molar-refractivity contribution in [2.24, 2.45) is 4.99 Å². The van der Waals surface area contributed by atoms with Crippen molar-refractivity contribution in [2.45, 2.75) is 39.6 Å². The average Bonchev–Trinajstić information content (AvgIpc) is 3.60. The number of rotatable bonds is 8. The molecule has 0 bridgehead atoms. The zero-order valence-electron chi connectivity index (χ0n) is 23.3. The Bertz CT molecular complexity index is 1650. The number of amidine groups is 1. The zero-order valence-corrected chi connectivity index (χ0v) is 24.9. The minimum Gasteiger partial charge on any atom is -0.406 e. The number of aryl methyl sites for hydroxylation is 2. The van der Waals surface area contributed by atoms with Gasteiger partial charge in [-0.05, 0) is 72.6 Å². The molecule has 3 aromatic carbocycles. The summed E-state index contributed by atoms with van der Waals surface area (Å²) in [5, 5.41) is 8.42. The van der Waals surface area contributed by atoms with Crippen molar-refractivity contribution in [3.8, 4) is 22.8 Å². The first-order valence-electron chi connectivity index (χ1n) is 13.4. The number of thioether (sulfide) groups is 1. The molecule has 0 aliphatic carbocycles. The lowest BCUT2D eigenvalue weighted by Gasteiger charge is -2.20. The zero-order chi connectivity index (χ0) is 30.6. The molecule has 0 spiro atoms. The van der Waals surface area contributed by atoms with Crippen LogP contribution in [0.1, 0.15) is 30.0 Å². The fourth-order valence-electron chi connectivity index (χ4n) is 4.44. The number of carbonyl (C=O) groups excluding carboxylic acids is 1. The van der Waals surface area contributed by atoms with Gasteiger partial charge in [0.2, 0.25) is 5.91 Å². The van der Waals surface area contributed by atoms with Crippen LogP contribution in [0.3, 0.4) is 0 Å². The van der Waals surface area contributed by atoms with Gasteiger partial charge in [0.05, 0.1) is 17.1 Å². The minimum atomic E-state index is -4.75. The number of aliphatic imine (C=N–C) groups is 1. The summed E-state index contributed by atoms with van der Waals surface area (Å²) in [6.45, 7) is 4.53. The van der Waals surface area contributed by atoms with Crippen LogP contribution in [-0.4, -0.2) is 43.1 Å². The lowest BCUT2D eigenvalue weighted by Crippen LogP contribution is -2.32. The van der Waals surface area contributed by atoms with Crippen molar-refractivity contribution in [3.63, 3.8) is 0 Å². The van der Waals surface area contributed by atoms with Crippen LogP contribution in [-0.2, 0) is 17.8 Å². The summed E-state index contributed by atoms with van der Waals surface area (Å²) < 4.78 is 42.6. The molecule has 1 saturated heterocycles. The van der Waals surface area contributed by atoms with Crippen LogP contribution in [0.25, 0.3) is 17.1 Å². The smallest absolute Gasteiger partial charge is 0.406 e. The summed E-state index contributed by atoms with van der Waals surface area (Å²) in [7, 11) is 0. The monoisotopic (exact) mass is 624 g/mol. The maximum Gasteiger partial charge on any atom is 0.573 e. The maximum absolute atomic E-state index is 12.8. The Balaban J connectivity index is 1.21. The highest BCUT2D eigenvalue weighted by atomic mass is 32.2. The van der Waals surface area contributed by atoms with Crippen LogP contribution in [0, 0.1) is 6.92 Å². The second-order valence-electron chi connectivity index (χ2n) is 9.70. The van der Waals surface area contributed by atoms with Gasteiger partial charge in [-0.3, -0.25) is 9.69 Å². The van der Waals surface area contributed by atoms with Crippen molar-refractivity contribution in [2.75, 3.05) is 10.7 Å². The Morgan fingerprint density at radius 3 is 2.56 bits per heavy atom. The SMILES string of the molecule is CCCc1ccc(C)cc1N1C(=O)CS/C1=N\C(=S)NCc1ccc(-c2ncn(-c3ccc(OC(F)(F)F)cc3)n2)cc1. The number of aromatic nitrogens is 3. The molecule has 43 heavy (non-hydrogen) atoms. The molecule has 1 fully saturated rings. The third kappa shape index (κ3) is 7.59. The first kappa shape index (κ1) is 30.2. The Kier molecular flexibility index (Phi) is 9.11. The molecule has 1 aliphatic heterocycles. The second kappa shape index (κ2) is 13.0. The van der Waals surface area contributed by atoms with Gasteiger partial charge in [0.15, 0.2) is 16.1 Å². The van der Waals surface area contributed by atoms with Gasteiger partial charge in [-0.2, -0.15) is 4.99 Å². The van der Waals surface area contributed by atoms with E-state index in [9.17, 15) is 18.0 Å². The van der Waals surface area contributed by atoms with Gasteiger partial charge >= 0.3 is 6.36 Å². The maximum atomic E-state index is 12.8. The first-order valence-corrected chi connectivity index (χ1v) is 14.8. The first-order chi connectivity index (χ1) is 20.6. The summed E-state index contributed by atoms with van der Waals surface area (Å²) in [5.74, 6) is 0.434. The van der Waals surface area contributed by atoms with Crippen molar-refractivity contribution >= 4 is 45.9 Å². The highest BCUT2D eigenvalue weighted by Gasteiger charge is 2.32. The topological polar surface area (TPSA) is 84.6 Å². The third-order valence-electron chi connectivity index (χ3n) is 6.45. The van der Waals surface area contributed by atoms with Crippen LogP contribution in [0.15, 0.2) is 78.0 Å². The highest BCUT2D eigenvalue weighted by molar-refractivity contribution is 8.15. The molecule has 0 unspecified atom stereocenters. The van der Waals surface area contributed by atoms with Crippen LogP contribution < -0.4 is 15.0 Å². The molecule has 13 heteroatoms. The van der Waals surface area contributed by atoms with E-state index in [1.807, 2.05) is 37.3 Å². The Labute approximate surface area is 256 Å². The fraction of sp³-hybridized carbons (Fsp3) is 0.233. The van der Waals surface area contributed by atoms with Crippen LogP contribution in [0.4, 0.5) is 18.9 Å². The van der Waals surface area contributed by atoms with Gasteiger partial charge in [-0.25, -0.2) is 9.67 Å². The summed E-state index contributed by atoms with van der Waals surface area (Å²) in [6.07, 6.45) is -1.44. The van der Waals surface area contributed by atoms with E-state index in [0.29, 0.717) is 29.0 Å². The molecule has 0 radical (unpaired) electrons. The molecule has 1 amide bonds. The van der Waals surface area contributed by atoms with E-state index in [1.54, 1.807) is 4.90 Å². The van der Waals surface area contributed by atoms with Crippen LogP contribution in [0.2, 0.25) is 0 Å². The van der Waals surface area contributed by atoms with E-state index in [0.717, 1.165) is 40.8 Å². The molecule has 5 rings (SSSR count). The molecule has 222 valence electrons. The van der Waals surface area contributed by atoms with Gasteiger partial charge in [-0.1, -0.05) is 61.5 Å². The number of nitrogens with zero attached hydrogens (tertiary/aromatic N) is 5. The van der Waals surface area contributed by atoms with E-state index in [4.69, 9.17) is 12.2 Å². The normalized spacial score (nSPS) is 14.4. The quantitative estimate of drug-likeness (QED) is 0.221. The summed E-state index contributed by atoms with van der Waals surface area (Å²) in [4.78, 5) is 23.4. The molecule has 8 nitrogen and oxygen atoms in total. The molecule has 1 aliphatic rings. The van der Waals surface area contributed by atoms with E-state index in [-0.39, 0.29) is 16.8 Å².